The molecule has 1 rings (SSSR count). The highest BCUT2D eigenvalue weighted by Crippen LogP contribution is 2.26. The van der Waals surface area contributed by atoms with E-state index in [4.69, 9.17) is 4.74 Å². The van der Waals surface area contributed by atoms with Crippen LogP contribution in [0.3, 0.4) is 0 Å². The first-order chi connectivity index (χ1) is 8.49. The lowest BCUT2D eigenvalue weighted by atomic mass is 10.0. The number of esters is 1. The Morgan fingerprint density at radius 2 is 2.17 bits per heavy atom. The van der Waals surface area contributed by atoms with Gasteiger partial charge in [-0.15, -0.1) is 0 Å². The summed E-state index contributed by atoms with van der Waals surface area (Å²) in [6.45, 7) is 7.76. The summed E-state index contributed by atoms with van der Waals surface area (Å²) in [5.41, 5.74) is 1.85. The molecule has 0 aliphatic rings. The van der Waals surface area contributed by atoms with Crippen molar-refractivity contribution in [2.24, 2.45) is 0 Å². The first-order valence-electron chi connectivity index (χ1n) is 5.99. The summed E-state index contributed by atoms with van der Waals surface area (Å²) < 4.78 is 5.14. The molecule has 0 saturated carbocycles. The fourth-order valence-electron chi connectivity index (χ4n) is 1.77. The second kappa shape index (κ2) is 6.19. The third-order valence-electron chi connectivity index (χ3n) is 2.95. The van der Waals surface area contributed by atoms with Crippen LogP contribution in [0, 0.1) is 6.92 Å². The topological polar surface area (TPSA) is 46.6 Å². The van der Waals surface area contributed by atoms with Crippen LogP contribution < -0.4 is 4.74 Å². The maximum Gasteiger partial charge on any atom is 0.308 e. The van der Waals surface area contributed by atoms with Crippen LogP contribution in [0.1, 0.15) is 37.9 Å². The predicted molar refractivity (Wildman–Crippen MR) is 69.3 cm³/mol. The van der Waals surface area contributed by atoms with Crippen LogP contribution >= 0.6 is 0 Å². The van der Waals surface area contributed by atoms with Crippen molar-refractivity contribution in [2.75, 3.05) is 6.54 Å². The zero-order valence-corrected chi connectivity index (χ0v) is 11.3. The van der Waals surface area contributed by atoms with Crippen molar-refractivity contribution in [1.29, 1.82) is 0 Å². The summed E-state index contributed by atoms with van der Waals surface area (Å²) in [5, 5.41) is 0. The number of rotatable bonds is 5. The van der Waals surface area contributed by atoms with Gasteiger partial charge < -0.3 is 9.64 Å². The zero-order chi connectivity index (χ0) is 13.7. The molecule has 98 valence electrons. The van der Waals surface area contributed by atoms with E-state index in [1.807, 2.05) is 39.0 Å². The van der Waals surface area contributed by atoms with Crippen LogP contribution in [0.5, 0.6) is 5.75 Å². The molecule has 0 radical (unpaired) electrons. The van der Waals surface area contributed by atoms with Crippen LogP contribution in [0.25, 0.3) is 0 Å². The van der Waals surface area contributed by atoms with Gasteiger partial charge in [-0.25, -0.2) is 0 Å². The summed E-state index contributed by atoms with van der Waals surface area (Å²) in [4.78, 5) is 23.6. The fourth-order valence-corrected chi connectivity index (χ4v) is 1.77. The highest BCUT2D eigenvalue weighted by Gasteiger charge is 2.14. The monoisotopic (exact) mass is 249 g/mol. The Labute approximate surface area is 108 Å². The van der Waals surface area contributed by atoms with Gasteiger partial charge in [0.05, 0.1) is 6.04 Å². The average molecular weight is 249 g/mol. The Kier molecular flexibility index (Phi) is 4.89. The van der Waals surface area contributed by atoms with E-state index >= 15 is 0 Å². The second-order valence-corrected chi connectivity index (χ2v) is 4.23. The van der Waals surface area contributed by atoms with Crippen molar-refractivity contribution < 1.29 is 14.3 Å². The molecule has 4 heteroatoms. The Bertz CT molecular complexity index is 443. The smallest absolute Gasteiger partial charge is 0.308 e. The van der Waals surface area contributed by atoms with Crippen molar-refractivity contribution in [3.63, 3.8) is 0 Å². The molecule has 0 heterocycles. The maximum absolute atomic E-state index is 11.0. The maximum atomic E-state index is 11.0. The molecule has 0 aliphatic carbocycles. The van der Waals surface area contributed by atoms with E-state index in [0.717, 1.165) is 17.5 Å². The molecular weight excluding hydrogens is 230 g/mol. The minimum Gasteiger partial charge on any atom is -0.426 e. The van der Waals surface area contributed by atoms with Gasteiger partial charge in [0.15, 0.2) is 0 Å². The van der Waals surface area contributed by atoms with Gasteiger partial charge in [-0.2, -0.15) is 0 Å². The van der Waals surface area contributed by atoms with E-state index in [0.29, 0.717) is 12.3 Å². The van der Waals surface area contributed by atoms with Gasteiger partial charge in [0, 0.05) is 13.5 Å². The number of carbonyl (C=O) groups is 2. The average Bonchev–Trinajstić information content (AvgIpc) is 2.32. The Morgan fingerprint density at radius 1 is 1.50 bits per heavy atom. The van der Waals surface area contributed by atoms with E-state index in [1.165, 1.54) is 6.92 Å². The van der Waals surface area contributed by atoms with Crippen LogP contribution in [-0.2, 0) is 9.59 Å². The van der Waals surface area contributed by atoms with Crippen molar-refractivity contribution in [3.8, 4) is 5.75 Å². The van der Waals surface area contributed by atoms with E-state index in [-0.39, 0.29) is 12.0 Å². The molecule has 18 heavy (non-hydrogen) atoms. The first kappa shape index (κ1) is 14.2. The molecule has 0 aromatic heterocycles. The van der Waals surface area contributed by atoms with Crippen molar-refractivity contribution in [3.05, 3.63) is 29.3 Å². The predicted octanol–water partition coefficient (Wildman–Crippen LogP) is 2.46. The lowest BCUT2D eigenvalue weighted by molar-refractivity contribution is -0.132. The number of ether oxygens (including phenoxy) is 1. The van der Waals surface area contributed by atoms with Gasteiger partial charge in [0.1, 0.15) is 5.75 Å². The molecule has 0 saturated heterocycles. The highest BCUT2D eigenvalue weighted by molar-refractivity contribution is 5.70. The van der Waals surface area contributed by atoms with Crippen molar-refractivity contribution in [2.45, 2.75) is 33.7 Å². The molecular formula is C14H19NO3. The number of hydrogen-bond acceptors (Lipinski definition) is 3. The lowest BCUT2D eigenvalue weighted by Gasteiger charge is -2.24. The molecule has 0 spiro atoms. The minimum absolute atomic E-state index is 0.0394. The molecule has 0 bridgehead atoms. The summed E-state index contributed by atoms with van der Waals surface area (Å²) in [7, 11) is 0. The molecule has 0 fully saturated rings. The lowest BCUT2D eigenvalue weighted by Crippen LogP contribution is -2.25. The molecule has 1 aromatic rings. The van der Waals surface area contributed by atoms with Crippen LogP contribution in [0.4, 0.5) is 0 Å². The SMILES string of the molecule is CCN(C=O)C(C)c1ccc(C)c(OC(C)=O)c1. The Balaban J connectivity index is 3.03. The van der Waals surface area contributed by atoms with Crippen LogP contribution in [0.15, 0.2) is 18.2 Å². The summed E-state index contributed by atoms with van der Waals surface area (Å²) >= 11 is 0. The van der Waals surface area contributed by atoms with Crippen molar-refractivity contribution in [1.82, 2.24) is 4.90 Å². The van der Waals surface area contributed by atoms with Crippen LogP contribution in [-0.4, -0.2) is 23.8 Å². The number of carbonyl (C=O) groups excluding carboxylic acids is 2. The summed E-state index contributed by atoms with van der Waals surface area (Å²) in [6, 6.07) is 5.61. The highest BCUT2D eigenvalue weighted by atomic mass is 16.5. The van der Waals surface area contributed by atoms with E-state index in [1.54, 1.807) is 4.90 Å². The van der Waals surface area contributed by atoms with Gasteiger partial charge in [-0.1, -0.05) is 12.1 Å². The Morgan fingerprint density at radius 3 is 2.67 bits per heavy atom. The third kappa shape index (κ3) is 3.32. The second-order valence-electron chi connectivity index (χ2n) is 4.23. The minimum atomic E-state index is -0.342. The number of nitrogens with zero attached hydrogens (tertiary/aromatic N) is 1. The van der Waals surface area contributed by atoms with E-state index in [9.17, 15) is 9.59 Å². The molecule has 1 aromatic carbocycles. The van der Waals surface area contributed by atoms with Gasteiger partial charge in [-0.05, 0) is 38.0 Å². The summed E-state index contributed by atoms with van der Waals surface area (Å²) in [5.74, 6) is 0.208. The largest absolute Gasteiger partial charge is 0.426 e. The van der Waals surface area contributed by atoms with E-state index in [2.05, 4.69) is 0 Å². The zero-order valence-electron chi connectivity index (χ0n) is 11.3. The first-order valence-corrected chi connectivity index (χ1v) is 5.99. The van der Waals surface area contributed by atoms with E-state index < -0.39 is 0 Å². The molecule has 1 atom stereocenters. The molecule has 4 nitrogen and oxygen atoms in total. The quantitative estimate of drug-likeness (QED) is 0.457. The van der Waals surface area contributed by atoms with Gasteiger partial charge >= 0.3 is 5.97 Å². The number of amides is 1. The normalized spacial score (nSPS) is 11.8. The molecule has 0 aliphatic heterocycles. The number of hydrogen-bond donors (Lipinski definition) is 0. The summed E-state index contributed by atoms with van der Waals surface area (Å²) in [6.07, 6.45) is 0.829. The van der Waals surface area contributed by atoms with Gasteiger partial charge in [0.25, 0.3) is 0 Å². The Hall–Kier alpha value is -1.84. The number of aryl methyl sites for hydroxylation is 1. The molecule has 1 amide bonds. The molecule has 1 unspecified atom stereocenters. The third-order valence-corrected chi connectivity index (χ3v) is 2.95. The van der Waals surface area contributed by atoms with Gasteiger partial charge in [0.2, 0.25) is 6.41 Å². The molecule has 0 N–H and O–H groups in total. The van der Waals surface area contributed by atoms with Crippen molar-refractivity contribution >= 4 is 12.4 Å². The number of benzene rings is 1. The van der Waals surface area contributed by atoms with Gasteiger partial charge in [-0.3, -0.25) is 9.59 Å². The standard InChI is InChI=1S/C14H19NO3/c1-5-15(9-16)11(3)13-7-6-10(2)14(8-13)18-12(4)17/h6-9,11H,5H2,1-4H3. The fraction of sp³-hybridized carbons (Fsp3) is 0.429. The van der Waals surface area contributed by atoms with Crippen LogP contribution in [0.2, 0.25) is 0 Å².